The van der Waals surface area contributed by atoms with Gasteiger partial charge in [-0.15, -0.1) is 0 Å². The Hall–Kier alpha value is -4.85. The lowest BCUT2D eigenvalue weighted by Gasteiger charge is -2.12. The minimum Gasteiger partial charge on any atom is -0.373 e. The number of hydrogen-bond donors (Lipinski definition) is 3. The Balaban J connectivity index is 1.54. The van der Waals surface area contributed by atoms with Gasteiger partial charge < -0.3 is 15.6 Å². The van der Waals surface area contributed by atoms with Crippen LogP contribution in [0.5, 0.6) is 0 Å². The van der Waals surface area contributed by atoms with E-state index in [0.717, 1.165) is 38.9 Å². The summed E-state index contributed by atoms with van der Waals surface area (Å²) in [4.78, 5) is 28.9. The maximum atomic E-state index is 13.5. The first kappa shape index (κ1) is 23.9. The number of benzene rings is 2. The average molecular weight is 493 g/mol. The Morgan fingerprint density at radius 2 is 1.81 bits per heavy atom. The highest BCUT2D eigenvalue weighted by Crippen LogP contribution is 2.33. The molecule has 5 aromatic rings. The van der Waals surface area contributed by atoms with E-state index in [-0.39, 0.29) is 11.7 Å². The molecule has 2 aromatic carbocycles. The van der Waals surface area contributed by atoms with Gasteiger partial charge in [0.25, 0.3) is 0 Å². The van der Waals surface area contributed by atoms with Gasteiger partial charge in [-0.2, -0.15) is 0 Å². The molecule has 37 heavy (non-hydrogen) atoms. The minimum absolute atomic E-state index is 0.0819. The molecule has 0 radical (unpaired) electrons. The van der Waals surface area contributed by atoms with E-state index in [4.69, 9.17) is 4.98 Å². The molecule has 0 aliphatic carbocycles. The third-order valence-electron chi connectivity index (χ3n) is 6.08. The molecule has 3 aromatic heterocycles. The minimum atomic E-state index is -0.285. The SMILES string of the molecule is C=C(c1nc2c(-c3ccc(F)cc3)cccc2[nH]1)c1cc(-c2cncc(NC(=O)CC)c2)cnc1NC. The molecule has 0 aliphatic rings. The molecule has 0 aliphatic heterocycles. The highest BCUT2D eigenvalue weighted by atomic mass is 19.1. The monoisotopic (exact) mass is 492 g/mol. The van der Waals surface area contributed by atoms with Crippen molar-refractivity contribution >= 4 is 34.0 Å². The first-order chi connectivity index (χ1) is 18.0. The number of pyridine rings is 2. The molecular weight excluding hydrogens is 467 g/mol. The zero-order valence-corrected chi connectivity index (χ0v) is 20.5. The molecule has 0 unspecified atom stereocenters. The number of aromatic nitrogens is 4. The van der Waals surface area contributed by atoms with Crippen LogP contribution in [0.15, 0.2) is 79.8 Å². The van der Waals surface area contributed by atoms with Gasteiger partial charge in [0, 0.05) is 53.7 Å². The van der Waals surface area contributed by atoms with Gasteiger partial charge in [0.2, 0.25) is 5.91 Å². The van der Waals surface area contributed by atoms with Crippen molar-refractivity contribution in [3.63, 3.8) is 0 Å². The van der Waals surface area contributed by atoms with Gasteiger partial charge in [0.1, 0.15) is 17.5 Å². The van der Waals surface area contributed by atoms with Crippen molar-refractivity contribution in [3.8, 4) is 22.3 Å². The zero-order valence-electron chi connectivity index (χ0n) is 20.5. The summed E-state index contributed by atoms with van der Waals surface area (Å²) >= 11 is 0. The fraction of sp³-hybridized carbons (Fsp3) is 0.103. The number of fused-ring (bicyclic) bond motifs is 1. The Morgan fingerprint density at radius 1 is 1.03 bits per heavy atom. The Labute approximate surface area is 213 Å². The van der Waals surface area contributed by atoms with Crippen LogP contribution in [-0.4, -0.2) is 32.9 Å². The van der Waals surface area contributed by atoms with Gasteiger partial charge >= 0.3 is 0 Å². The van der Waals surface area contributed by atoms with Crippen LogP contribution in [0.1, 0.15) is 24.7 Å². The highest BCUT2D eigenvalue weighted by molar-refractivity contribution is 5.95. The van der Waals surface area contributed by atoms with Gasteiger partial charge in [0.15, 0.2) is 0 Å². The number of hydrogen-bond acceptors (Lipinski definition) is 5. The molecule has 3 heterocycles. The topological polar surface area (TPSA) is 95.6 Å². The number of para-hydroxylation sites is 1. The molecule has 3 N–H and O–H groups in total. The van der Waals surface area contributed by atoms with Crippen LogP contribution in [0.3, 0.4) is 0 Å². The van der Waals surface area contributed by atoms with Crippen molar-refractivity contribution in [1.29, 1.82) is 0 Å². The van der Waals surface area contributed by atoms with E-state index in [2.05, 4.69) is 32.2 Å². The number of amides is 1. The smallest absolute Gasteiger partial charge is 0.224 e. The second-order valence-electron chi connectivity index (χ2n) is 8.51. The van der Waals surface area contributed by atoms with Crippen LogP contribution in [0.2, 0.25) is 0 Å². The predicted octanol–water partition coefficient (Wildman–Crippen LogP) is 6.28. The normalized spacial score (nSPS) is 10.9. The molecule has 8 heteroatoms. The first-order valence-electron chi connectivity index (χ1n) is 11.8. The molecule has 1 amide bonds. The van der Waals surface area contributed by atoms with Crippen molar-refractivity contribution < 1.29 is 9.18 Å². The summed E-state index contributed by atoms with van der Waals surface area (Å²) in [6.45, 7) is 6.12. The number of nitrogens with zero attached hydrogens (tertiary/aromatic N) is 3. The van der Waals surface area contributed by atoms with Crippen molar-refractivity contribution in [2.45, 2.75) is 13.3 Å². The lowest BCUT2D eigenvalue weighted by molar-refractivity contribution is -0.115. The molecular formula is C29H25FN6O. The molecule has 7 nitrogen and oxygen atoms in total. The summed E-state index contributed by atoms with van der Waals surface area (Å²) < 4.78 is 13.5. The summed E-state index contributed by atoms with van der Waals surface area (Å²) in [5.74, 6) is 0.882. The number of imidazole rings is 1. The van der Waals surface area contributed by atoms with E-state index in [1.807, 2.05) is 30.3 Å². The number of anilines is 2. The fourth-order valence-corrected chi connectivity index (χ4v) is 4.13. The van der Waals surface area contributed by atoms with E-state index in [1.165, 1.54) is 12.1 Å². The number of carbonyl (C=O) groups excluding carboxylic acids is 1. The number of carbonyl (C=O) groups is 1. The maximum Gasteiger partial charge on any atom is 0.224 e. The van der Waals surface area contributed by atoms with Gasteiger partial charge in [-0.1, -0.05) is 37.8 Å². The van der Waals surface area contributed by atoms with Crippen molar-refractivity contribution in [2.24, 2.45) is 0 Å². The van der Waals surface area contributed by atoms with Crippen LogP contribution in [0, 0.1) is 5.82 Å². The van der Waals surface area contributed by atoms with Crippen molar-refractivity contribution in [1.82, 2.24) is 19.9 Å². The maximum absolute atomic E-state index is 13.5. The number of aromatic amines is 1. The van der Waals surface area contributed by atoms with E-state index in [9.17, 15) is 9.18 Å². The van der Waals surface area contributed by atoms with Crippen LogP contribution in [-0.2, 0) is 4.79 Å². The second kappa shape index (κ2) is 10.0. The largest absolute Gasteiger partial charge is 0.373 e. The number of rotatable bonds is 7. The summed E-state index contributed by atoms with van der Waals surface area (Å²) in [6, 6.07) is 16.0. The second-order valence-corrected chi connectivity index (χ2v) is 8.51. The Morgan fingerprint density at radius 3 is 2.57 bits per heavy atom. The van der Waals surface area contributed by atoms with Crippen molar-refractivity contribution in [3.05, 3.63) is 97.0 Å². The van der Waals surface area contributed by atoms with Crippen molar-refractivity contribution in [2.75, 3.05) is 17.7 Å². The highest BCUT2D eigenvalue weighted by Gasteiger charge is 2.16. The third kappa shape index (κ3) is 4.81. The molecule has 0 saturated heterocycles. The quantitative estimate of drug-likeness (QED) is 0.249. The number of nitrogens with one attached hydrogen (secondary N) is 3. The predicted molar refractivity (Wildman–Crippen MR) is 146 cm³/mol. The number of halogens is 1. The number of H-pyrrole nitrogens is 1. The van der Waals surface area contributed by atoms with E-state index in [1.54, 1.807) is 44.7 Å². The summed E-state index contributed by atoms with van der Waals surface area (Å²) in [5, 5.41) is 5.96. The molecule has 184 valence electrons. The van der Waals surface area contributed by atoms with Crippen LogP contribution < -0.4 is 10.6 Å². The zero-order chi connectivity index (χ0) is 25.9. The molecule has 0 bridgehead atoms. The van der Waals surface area contributed by atoms with E-state index >= 15 is 0 Å². The van der Waals surface area contributed by atoms with Gasteiger partial charge in [-0.05, 0) is 35.9 Å². The van der Waals surface area contributed by atoms with E-state index in [0.29, 0.717) is 29.3 Å². The van der Waals surface area contributed by atoms with Gasteiger partial charge in [0.05, 0.1) is 22.9 Å². The van der Waals surface area contributed by atoms with Crippen LogP contribution in [0.25, 0.3) is 38.9 Å². The molecule has 0 saturated carbocycles. The van der Waals surface area contributed by atoms with Gasteiger partial charge in [-0.3, -0.25) is 9.78 Å². The Kier molecular flexibility index (Phi) is 6.47. The lowest BCUT2D eigenvalue weighted by atomic mass is 10.0. The molecule has 0 spiro atoms. The average Bonchev–Trinajstić information content (AvgIpc) is 3.37. The first-order valence-corrected chi connectivity index (χ1v) is 11.8. The van der Waals surface area contributed by atoms with Crippen LogP contribution in [0.4, 0.5) is 15.9 Å². The van der Waals surface area contributed by atoms with Gasteiger partial charge in [-0.25, -0.2) is 14.4 Å². The van der Waals surface area contributed by atoms with E-state index < -0.39 is 0 Å². The summed E-state index contributed by atoms with van der Waals surface area (Å²) in [5.41, 5.74) is 7.05. The molecule has 0 fully saturated rings. The lowest BCUT2D eigenvalue weighted by Crippen LogP contribution is -2.09. The standard InChI is InChI=1S/C29H25FN6O/c1-4-26(37)34-22-12-19(14-32-16-22)20-13-24(29(31-3)33-15-20)17(2)28-35-25-7-5-6-23(27(25)36-28)18-8-10-21(30)11-9-18/h5-16H,2,4H2,1,3H3,(H,31,33)(H,34,37)(H,35,36). The summed E-state index contributed by atoms with van der Waals surface area (Å²) in [7, 11) is 1.80. The fourth-order valence-electron chi connectivity index (χ4n) is 4.13. The Bertz CT molecular complexity index is 1620. The third-order valence-corrected chi connectivity index (χ3v) is 6.08. The molecule has 0 atom stereocenters. The summed E-state index contributed by atoms with van der Waals surface area (Å²) in [6.07, 6.45) is 5.46. The van der Waals surface area contributed by atoms with Crippen LogP contribution >= 0.6 is 0 Å². The molecule has 5 rings (SSSR count).